The van der Waals surface area contributed by atoms with Crippen molar-refractivity contribution in [3.8, 4) is 5.75 Å². The predicted octanol–water partition coefficient (Wildman–Crippen LogP) is 1.85. The maximum atomic E-state index is 5.62. The van der Waals surface area contributed by atoms with Gasteiger partial charge in [-0.2, -0.15) is 0 Å². The summed E-state index contributed by atoms with van der Waals surface area (Å²) < 4.78 is 10.6. The van der Waals surface area contributed by atoms with Crippen LogP contribution in [0, 0.1) is 0 Å². The first-order valence-electron chi connectivity index (χ1n) is 6.07. The van der Waals surface area contributed by atoms with E-state index in [-0.39, 0.29) is 0 Å². The summed E-state index contributed by atoms with van der Waals surface area (Å²) >= 11 is 1.56. The molecule has 2 aromatic rings. The van der Waals surface area contributed by atoms with Gasteiger partial charge in [0.15, 0.2) is 5.01 Å². The first-order chi connectivity index (χ1) is 9.38. The molecule has 0 radical (unpaired) electrons. The molecule has 0 aliphatic rings. The van der Waals surface area contributed by atoms with Crippen LogP contribution in [0.2, 0.25) is 0 Å². The van der Waals surface area contributed by atoms with Crippen molar-refractivity contribution in [2.45, 2.75) is 13.2 Å². The van der Waals surface area contributed by atoms with E-state index in [9.17, 15) is 0 Å². The summed E-state index contributed by atoms with van der Waals surface area (Å²) in [6, 6.07) is 9.70. The number of ether oxygens (including phenoxy) is 2. The average Bonchev–Trinajstić information content (AvgIpc) is 2.91. The van der Waals surface area contributed by atoms with E-state index in [1.54, 1.807) is 18.4 Å². The Bertz CT molecular complexity index is 476. The lowest BCUT2D eigenvalue weighted by Crippen LogP contribution is -2.18. The second-order valence-electron chi connectivity index (χ2n) is 3.86. The van der Waals surface area contributed by atoms with Crippen LogP contribution in [0.15, 0.2) is 30.3 Å². The molecule has 2 rings (SSSR count). The molecule has 19 heavy (non-hydrogen) atoms. The van der Waals surface area contributed by atoms with Gasteiger partial charge in [0, 0.05) is 20.2 Å². The van der Waals surface area contributed by atoms with E-state index in [0.717, 1.165) is 22.3 Å². The fraction of sp³-hybridized carbons (Fsp3) is 0.385. The van der Waals surface area contributed by atoms with Gasteiger partial charge in [-0.25, -0.2) is 0 Å². The Morgan fingerprint density at radius 1 is 1.16 bits per heavy atom. The molecule has 1 heterocycles. The van der Waals surface area contributed by atoms with Crippen molar-refractivity contribution in [1.29, 1.82) is 0 Å². The predicted molar refractivity (Wildman–Crippen MR) is 74.3 cm³/mol. The van der Waals surface area contributed by atoms with Gasteiger partial charge in [0.05, 0.1) is 6.61 Å². The molecule has 0 fully saturated rings. The number of rotatable bonds is 8. The van der Waals surface area contributed by atoms with Gasteiger partial charge in [-0.1, -0.05) is 29.5 Å². The van der Waals surface area contributed by atoms with E-state index >= 15 is 0 Å². The molecule has 0 saturated carbocycles. The third kappa shape index (κ3) is 4.94. The zero-order valence-corrected chi connectivity index (χ0v) is 11.7. The Labute approximate surface area is 116 Å². The molecule has 0 atom stereocenters. The number of hydrogen-bond donors (Lipinski definition) is 1. The lowest BCUT2D eigenvalue weighted by molar-refractivity contribution is 0.199. The first kappa shape index (κ1) is 13.9. The maximum absolute atomic E-state index is 5.62. The molecule has 0 saturated heterocycles. The van der Waals surface area contributed by atoms with Crippen LogP contribution in [-0.2, 0) is 17.9 Å². The summed E-state index contributed by atoms with van der Waals surface area (Å²) in [5, 5.41) is 13.3. The lowest BCUT2D eigenvalue weighted by Gasteiger charge is -2.02. The number of methoxy groups -OCH3 is 1. The maximum Gasteiger partial charge on any atom is 0.155 e. The molecule has 0 spiro atoms. The van der Waals surface area contributed by atoms with Gasteiger partial charge >= 0.3 is 0 Å². The monoisotopic (exact) mass is 279 g/mol. The van der Waals surface area contributed by atoms with Crippen LogP contribution in [0.5, 0.6) is 5.75 Å². The quantitative estimate of drug-likeness (QED) is 0.747. The van der Waals surface area contributed by atoms with E-state index in [4.69, 9.17) is 9.47 Å². The van der Waals surface area contributed by atoms with E-state index in [2.05, 4.69) is 15.5 Å². The second-order valence-corrected chi connectivity index (χ2v) is 5.01. The van der Waals surface area contributed by atoms with E-state index in [0.29, 0.717) is 19.8 Å². The Balaban J connectivity index is 1.74. The molecular formula is C13H17N3O2S. The zero-order valence-electron chi connectivity index (χ0n) is 10.8. The normalized spacial score (nSPS) is 10.6. The highest BCUT2D eigenvalue weighted by molar-refractivity contribution is 7.11. The smallest absolute Gasteiger partial charge is 0.155 e. The molecule has 0 bridgehead atoms. The molecule has 0 aliphatic heterocycles. The summed E-state index contributed by atoms with van der Waals surface area (Å²) in [5.41, 5.74) is 0. The Hall–Kier alpha value is -1.50. The van der Waals surface area contributed by atoms with Gasteiger partial charge in [0.25, 0.3) is 0 Å². The number of hydrogen-bond acceptors (Lipinski definition) is 6. The molecule has 0 unspecified atom stereocenters. The van der Waals surface area contributed by atoms with Gasteiger partial charge in [0.1, 0.15) is 17.4 Å². The minimum Gasteiger partial charge on any atom is -0.486 e. The first-order valence-corrected chi connectivity index (χ1v) is 6.89. The highest BCUT2D eigenvalue weighted by atomic mass is 32.1. The number of para-hydroxylation sites is 1. The van der Waals surface area contributed by atoms with Gasteiger partial charge in [-0.3, -0.25) is 0 Å². The third-order valence-electron chi connectivity index (χ3n) is 2.37. The van der Waals surface area contributed by atoms with Crippen molar-refractivity contribution in [2.24, 2.45) is 0 Å². The van der Waals surface area contributed by atoms with Gasteiger partial charge < -0.3 is 14.8 Å². The number of nitrogens with zero attached hydrogens (tertiary/aromatic N) is 2. The molecule has 5 nitrogen and oxygen atoms in total. The van der Waals surface area contributed by atoms with Crippen LogP contribution in [0.4, 0.5) is 0 Å². The summed E-state index contributed by atoms with van der Waals surface area (Å²) in [4.78, 5) is 0. The standard InChI is InChI=1S/C13H17N3O2S/c1-17-8-7-14-9-12-15-16-13(19-12)10-18-11-5-3-2-4-6-11/h2-6,14H,7-10H2,1H3. The lowest BCUT2D eigenvalue weighted by atomic mass is 10.3. The van der Waals surface area contributed by atoms with E-state index in [1.807, 2.05) is 30.3 Å². The van der Waals surface area contributed by atoms with Crippen molar-refractivity contribution in [3.05, 3.63) is 40.3 Å². The number of benzene rings is 1. The SMILES string of the molecule is COCCNCc1nnc(COc2ccccc2)s1. The van der Waals surface area contributed by atoms with Crippen LogP contribution in [0.25, 0.3) is 0 Å². The fourth-order valence-corrected chi connectivity index (χ4v) is 2.18. The number of aromatic nitrogens is 2. The second kappa shape index (κ2) is 7.83. The average molecular weight is 279 g/mol. The van der Waals surface area contributed by atoms with Crippen LogP contribution in [0.3, 0.4) is 0 Å². The van der Waals surface area contributed by atoms with Crippen molar-refractivity contribution in [1.82, 2.24) is 15.5 Å². The van der Waals surface area contributed by atoms with Gasteiger partial charge in [-0.15, -0.1) is 10.2 Å². The summed E-state index contributed by atoms with van der Waals surface area (Å²) in [7, 11) is 1.69. The minimum atomic E-state index is 0.458. The minimum absolute atomic E-state index is 0.458. The largest absolute Gasteiger partial charge is 0.486 e. The van der Waals surface area contributed by atoms with E-state index in [1.165, 1.54) is 0 Å². The topological polar surface area (TPSA) is 56.3 Å². The van der Waals surface area contributed by atoms with Crippen LogP contribution < -0.4 is 10.1 Å². The van der Waals surface area contributed by atoms with Gasteiger partial charge in [0.2, 0.25) is 0 Å². The van der Waals surface area contributed by atoms with Gasteiger partial charge in [-0.05, 0) is 12.1 Å². The Morgan fingerprint density at radius 3 is 2.74 bits per heavy atom. The summed E-state index contributed by atoms with van der Waals surface area (Å²) in [5.74, 6) is 0.845. The number of nitrogens with one attached hydrogen (secondary N) is 1. The van der Waals surface area contributed by atoms with Crippen LogP contribution in [0.1, 0.15) is 10.0 Å². The molecular weight excluding hydrogens is 262 g/mol. The molecule has 6 heteroatoms. The molecule has 0 aliphatic carbocycles. The van der Waals surface area contributed by atoms with Crippen molar-refractivity contribution in [2.75, 3.05) is 20.3 Å². The van der Waals surface area contributed by atoms with E-state index < -0.39 is 0 Å². The third-order valence-corrected chi connectivity index (χ3v) is 3.27. The molecule has 0 amide bonds. The van der Waals surface area contributed by atoms with Crippen LogP contribution in [-0.4, -0.2) is 30.5 Å². The van der Waals surface area contributed by atoms with Crippen LogP contribution >= 0.6 is 11.3 Å². The molecule has 1 N–H and O–H groups in total. The summed E-state index contributed by atoms with van der Waals surface area (Å²) in [6.45, 7) is 2.68. The van der Waals surface area contributed by atoms with Crippen molar-refractivity contribution < 1.29 is 9.47 Å². The molecule has 1 aromatic carbocycles. The Morgan fingerprint density at radius 2 is 1.95 bits per heavy atom. The fourth-order valence-electron chi connectivity index (χ4n) is 1.45. The summed E-state index contributed by atoms with van der Waals surface area (Å²) in [6.07, 6.45) is 0. The van der Waals surface area contributed by atoms with Crippen molar-refractivity contribution >= 4 is 11.3 Å². The van der Waals surface area contributed by atoms with Crippen molar-refractivity contribution in [3.63, 3.8) is 0 Å². The Kier molecular flexibility index (Phi) is 5.74. The highest BCUT2D eigenvalue weighted by Crippen LogP contribution is 2.14. The molecule has 102 valence electrons. The zero-order chi connectivity index (χ0) is 13.3. The molecule has 1 aromatic heterocycles. The highest BCUT2D eigenvalue weighted by Gasteiger charge is 2.04.